The van der Waals surface area contributed by atoms with E-state index in [1.807, 2.05) is 73.7 Å². The first-order valence-electron chi connectivity index (χ1n) is 14.8. The number of rotatable bonds is 7. The molecule has 2 atom stereocenters. The summed E-state index contributed by atoms with van der Waals surface area (Å²) in [7, 11) is 1.62. The standard InChI is InChI=1S/C36H32N4O4/c1-22-11-15-24(16-12-22)33-32-28(26-7-3-5-9-29(26)38-32)21-31-35(42)40(36(43)39(31)33)30-10-6-4-8-27(30)34(41)37-20-19-23-13-17-25(44-2)18-14-23/h3-18,31,33,38H,19-21H2,1-2H3,(H,37,41)/t31-,33+/m0/s1. The average Bonchev–Trinajstić information content (AvgIpc) is 3.54. The number of benzene rings is 4. The molecular formula is C36H32N4O4. The second-order valence-corrected chi connectivity index (χ2v) is 11.3. The van der Waals surface area contributed by atoms with Crippen LogP contribution in [0, 0.1) is 6.92 Å². The molecule has 2 aliphatic heterocycles. The van der Waals surface area contributed by atoms with E-state index >= 15 is 0 Å². The molecule has 1 aromatic heterocycles. The number of amides is 4. The molecule has 1 fully saturated rings. The minimum absolute atomic E-state index is 0.277. The number of hydrogen-bond donors (Lipinski definition) is 2. The number of carbonyl (C=O) groups excluding carboxylic acids is 3. The third-order valence-electron chi connectivity index (χ3n) is 8.69. The number of carbonyl (C=O) groups is 3. The average molecular weight is 585 g/mol. The van der Waals surface area contributed by atoms with Crippen molar-refractivity contribution in [3.63, 3.8) is 0 Å². The first-order valence-corrected chi connectivity index (χ1v) is 14.8. The Labute approximate surface area is 255 Å². The number of aromatic nitrogens is 1. The lowest BCUT2D eigenvalue weighted by Crippen LogP contribution is -2.44. The summed E-state index contributed by atoms with van der Waals surface area (Å²) >= 11 is 0. The van der Waals surface area contributed by atoms with Gasteiger partial charge >= 0.3 is 6.03 Å². The summed E-state index contributed by atoms with van der Waals surface area (Å²) < 4.78 is 5.22. The monoisotopic (exact) mass is 584 g/mol. The van der Waals surface area contributed by atoms with Crippen LogP contribution in [0.3, 0.4) is 0 Å². The van der Waals surface area contributed by atoms with Crippen LogP contribution in [0.25, 0.3) is 10.9 Å². The van der Waals surface area contributed by atoms with Crippen molar-refractivity contribution in [1.82, 2.24) is 15.2 Å². The zero-order valence-corrected chi connectivity index (χ0v) is 24.5. The highest BCUT2D eigenvalue weighted by atomic mass is 16.5. The van der Waals surface area contributed by atoms with E-state index in [-0.39, 0.29) is 23.1 Å². The molecule has 44 heavy (non-hydrogen) atoms. The topological polar surface area (TPSA) is 94.7 Å². The molecule has 0 aliphatic carbocycles. The SMILES string of the molecule is COc1ccc(CCNC(=O)c2ccccc2N2C(=O)[C@@H]3Cc4c([nH]c5ccccc45)[C@@H](c4ccc(C)cc4)N3C2=O)cc1. The van der Waals surface area contributed by atoms with Gasteiger partial charge in [-0.15, -0.1) is 0 Å². The van der Waals surface area contributed by atoms with Gasteiger partial charge < -0.3 is 15.0 Å². The van der Waals surface area contributed by atoms with Gasteiger partial charge in [-0.2, -0.15) is 0 Å². The molecule has 4 amide bonds. The molecule has 0 spiro atoms. The van der Waals surface area contributed by atoms with Crippen LogP contribution in [0.5, 0.6) is 5.75 Å². The number of nitrogens with one attached hydrogen (secondary N) is 2. The predicted molar refractivity (Wildman–Crippen MR) is 169 cm³/mol. The molecule has 8 heteroatoms. The highest BCUT2D eigenvalue weighted by molar-refractivity contribution is 6.24. The van der Waals surface area contributed by atoms with Crippen LogP contribution >= 0.6 is 0 Å². The van der Waals surface area contributed by atoms with Gasteiger partial charge in [-0.3, -0.25) is 14.5 Å². The highest BCUT2D eigenvalue weighted by Crippen LogP contribution is 2.45. The third-order valence-corrected chi connectivity index (χ3v) is 8.69. The minimum atomic E-state index is -0.702. The number of aryl methyl sites for hydroxylation is 1. The fourth-order valence-corrected chi connectivity index (χ4v) is 6.46. The van der Waals surface area contributed by atoms with Crippen molar-refractivity contribution < 1.29 is 19.1 Å². The molecule has 0 saturated carbocycles. The van der Waals surface area contributed by atoms with E-state index in [9.17, 15) is 14.4 Å². The fourth-order valence-electron chi connectivity index (χ4n) is 6.46. The van der Waals surface area contributed by atoms with E-state index in [0.29, 0.717) is 19.4 Å². The van der Waals surface area contributed by atoms with Gasteiger partial charge in [-0.05, 0) is 60.4 Å². The lowest BCUT2D eigenvalue weighted by Gasteiger charge is -2.36. The number of fused-ring (bicyclic) bond motifs is 4. The maximum atomic E-state index is 14.3. The molecule has 220 valence electrons. The number of methoxy groups -OCH3 is 1. The number of anilines is 1. The molecule has 2 N–H and O–H groups in total. The van der Waals surface area contributed by atoms with Crippen molar-refractivity contribution in [2.75, 3.05) is 18.6 Å². The van der Waals surface area contributed by atoms with Crippen molar-refractivity contribution in [2.45, 2.75) is 31.8 Å². The molecule has 0 unspecified atom stereocenters. The second kappa shape index (κ2) is 11.0. The Morgan fingerprint density at radius 2 is 1.66 bits per heavy atom. The third kappa shape index (κ3) is 4.59. The summed E-state index contributed by atoms with van der Waals surface area (Å²) in [5.41, 5.74) is 6.58. The van der Waals surface area contributed by atoms with E-state index in [1.165, 1.54) is 4.90 Å². The van der Waals surface area contributed by atoms with Crippen molar-refractivity contribution in [3.8, 4) is 5.75 Å². The lowest BCUT2D eigenvalue weighted by molar-refractivity contribution is -0.120. The minimum Gasteiger partial charge on any atom is -0.497 e. The Morgan fingerprint density at radius 3 is 2.43 bits per heavy atom. The number of aromatic amines is 1. The molecule has 3 heterocycles. The summed E-state index contributed by atoms with van der Waals surface area (Å²) in [6, 6.07) is 29.0. The zero-order valence-electron chi connectivity index (χ0n) is 24.5. The molecular weight excluding hydrogens is 552 g/mol. The number of hydrogen-bond acceptors (Lipinski definition) is 4. The van der Waals surface area contributed by atoms with Gasteiger partial charge in [0.05, 0.1) is 18.4 Å². The van der Waals surface area contributed by atoms with Crippen molar-refractivity contribution >= 4 is 34.4 Å². The summed E-state index contributed by atoms with van der Waals surface area (Å²) in [5, 5.41) is 4.01. The van der Waals surface area contributed by atoms with E-state index in [2.05, 4.69) is 16.4 Å². The molecule has 7 rings (SSSR count). The summed E-state index contributed by atoms with van der Waals surface area (Å²) in [6.45, 7) is 2.42. The van der Waals surface area contributed by atoms with Crippen LogP contribution in [0.4, 0.5) is 10.5 Å². The van der Waals surface area contributed by atoms with Crippen molar-refractivity contribution in [1.29, 1.82) is 0 Å². The van der Waals surface area contributed by atoms with Gasteiger partial charge in [0.2, 0.25) is 0 Å². The molecule has 5 aromatic rings. The van der Waals surface area contributed by atoms with Crippen LogP contribution in [0.15, 0.2) is 97.1 Å². The van der Waals surface area contributed by atoms with Gasteiger partial charge in [-0.1, -0.05) is 72.3 Å². The maximum Gasteiger partial charge on any atom is 0.332 e. The largest absolute Gasteiger partial charge is 0.497 e. The molecule has 0 bridgehead atoms. The van der Waals surface area contributed by atoms with Crippen LogP contribution in [0.2, 0.25) is 0 Å². The van der Waals surface area contributed by atoms with Crippen LogP contribution < -0.4 is 15.0 Å². The van der Waals surface area contributed by atoms with Gasteiger partial charge in [0.25, 0.3) is 11.8 Å². The van der Waals surface area contributed by atoms with Gasteiger partial charge in [0, 0.05) is 29.6 Å². The molecule has 4 aromatic carbocycles. The lowest BCUT2D eigenvalue weighted by atomic mass is 9.88. The van der Waals surface area contributed by atoms with Crippen LogP contribution in [0.1, 0.15) is 44.3 Å². The molecule has 8 nitrogen and oxygen atoms in total. The molecule has 0 radical (unpaired) electrons. The number of ether oxygens (including phenoxy) is 1. The van der Waals surface area contributed by atoms with Crippen LogP contribution in [-0.2, 0) is 17.6 Å². The number of nitrogens with zero attached hydrogens (tertiary/aromatic N) is 2. The van der Waals surface area contributed by atoms with Gasteiger partial charge in [-0.25, -0.2) is 9.69 Å². The van der Waals surface area contributed by atoms with Crippen molar-refractivity contribution in [2.24, 2.45) is 0 Å². The summed E-state index contributed by atoms with van der Waals surface area (Å²) in [4.78, 5) is 48.4. The zero-order chi connectivity index (χ0) is 30.4. The Hall–Kier alpha value is -5.37. The Balaban J connectivity index is 1.21. The second-order valence-electron chi connectivity index (χ2n) is 11.3. The van der Waals surface area contributed by atoms with Crippen molar-refractivity contribution in [3.05, 3.63) is 131 Å². The van der Waals surface area contributed by atoms with Gasteiger partial charge in [0.15, 0.2) is 0 Å². The smallest absolute Gasteiger partial charge is 0.332 e. The number of para-hydroxylation sites is 2. The summed E-state index contributed by atoms with van der Waals surface area (Å²) in [6.07, 6.45) is 1.01. The van der Waals surface area contributed by atoms with E-state index in [1.54, 1.807) is 36.3 Å². The highest BCUT2D eigenvalue weighted by Gasteiger charge is 2.53. The van der Waals surface area contributed by atoms with Crippen LogP contribution in [-0.4, -0.2) is 47.4 Å². The molecule has 1 saturated heterocycles. The maximum absolute atomic E-state index is 14.3. The first-order chi connectivity index (χ1) is 21.4. The normalized spacial score (nSPS) is 17.5. The summed E-state index contributed by atoms with van der Waals surface area (Å²) in [5.74, 6) is 0.0976. The predicted octanol–water partition coefficient (Wildman–Crippen LogP) is 5.94. The quantitative estimate of drug-likeness (QED) is 0.232. The van der Waals surface area contributed by atoms with E-state index in [0.717, 1.165) is 44.6 Å². The number of H-pyrrole nitrogens is 1. The Bertz CT molecular complexity index is 1890. The fraction of sp³-hybridized carbons (Fsp3) is 0.194. The first kappa shape index (κ1) is 27.5. The van der Waals surface area contributed by atoms with Gasteiger partial charge in [0.1, 0.15) is 17.8 Å². The van der Waals surface area contributed by atoms with E-state index < -0.39 is 18.1 Å². The van der Waals surface area contributed by atoms with E-state index in [4.69, 9.17) is 4.74 Å². The number of urea groups is 1. The molecule has 2 aliphatic rings. The number of imide groups is 1. The Morgan fingerprint density at radius 1 is 0.932 bits per heavy atom. The Kier molecular flexibility index (Phi) is 6.89.